The van der Waals surface area contributed by atoms with Crippen LogP contribution in [0, 0.1) is 5.41 Å². The van der Waals surface area contributed by atoms with E-state index in [4.69, 9.17) is 4.74 Å². The quantitative estimate of drug-likeness (QED) is 0.701. The Kier molecular flexibility index (Phi) is 4.94. The van der Waals surface area contributed by atoms with Gasteiger partial charge in [-0.3, -0.25) is 9.59 Å². The van der Waals surface area contributed by atoms with Crippen molar-refractivity contribution in [3.05, 3.63) is 40.9 Å². The van der Waals surface area contributed by atoms with Crippen molar-refractivity contribution >= 4 is 23.3 Å². The molecule has 8 heteroatoms. The molecule has 2 unspecified atom stereocenters. The van der Waals surface area contributed by atoms with Crippen molar-refractivity contribution < 1.29 is 14.3 Å². The van der Waals surface area contributed by atoms with Gasteiger partial charge in [-0.15, -0.1) is 0 Å². The van der Waals surface area contributed by atoms with Crippen LogP contribution in [0.2, 0.25) is 0 Å². The monoisotopic (exact) mass is 463 g/mol. The second-order valence-electron chi connectivity index (χ2n) is 11.3. The predicted molar refractivity (Wildman–Crippen MR) is 130 cm³/mol. The van der Waals surface area contributed by atoms with Crippen molar-refractivity contribution in [3.8, 4) is 5.75 Å². The smallest absolute Gasteiger partial charge is 0.226 e. The summed E-state index contributed by atoms with van der Waals surface area (Å²) in [6.07, 6.45) is 3.58. The highest BCUT2D eigenvalue weighted by molar-refractivity contribution is 6.00. The minimum absolute atomic E-state index is 0.00284. The second-order valence-corrected chi connectivity index (χ2v) is 11.3. The van der Waals surface area contributed by atoms with Gasteiger partial charge in [0, 0.05) is 41.8 Å². The van der Waals surface area contributed by atoms with Crippen LogP contribution >= 0.6 is 0 Å². The largest absolute Gasteiger partial charge is 0.496 e. The highest BCUT2D eigenvalue weighted by Gasteiger charge is 2.44. The summed E-state index contributed by atoms with van der Waals surface area (Å²) in [7, 11) is 1.63. The summed E-state index contributed by atoms with van der Waals surface area (Å²) in [5.41, 5.74) is 4.02. The molecule has 180 valence electrons. The predicted octanol–water partition coefficient (Wildman–Crippen LogP) is 4.58. The van der Waals surface area contributed by atoms with E-state index in [0.717, 1.165) is 40.9 Å². The van der Waals surface area contributed by atoms with E-state index >= 15 is 0 Å². The van der Waals surface area contributed by atoms with Gasteiger partial charge in [-0.05, 0) is 49.7 Å². The zero-order chi connectivity index (χ0) is 24.6. The van der Waals surface area contributed by atoms with Crippen molar-refractivity contribution in [1.82, 2.24) is 14.8 Å². The first-order valence-corrected chi connectivity index (χ1v) is 11.9. The highest BCUT2D eigenvalue weighted by Crippen LogP contribution is 2.51. The molecule has 1 aliphatic carbocycles. The highest BCUT2D eigenvalue weighted by atomic mass is 16.5. The summed E-state index contributed by atoms with van der Waals surface area (Å²) < 4.78 is 7.67. The molecule has 0 bridgehead atoms. The number of rotatable bonds is 2. The summed E-state index contributed by atoms with van der Waals surface area (Å²) in [4.78, 5) is 32.5. The lowest BCUT2D eigenvalue weighted by Gasteiger charge is -2.46. The zero-order valence-electron chi connectivity index (χ0n) is 21.0. The Labute approximate surface area is 200 Å². The van der Waals surface area contributed by atoms with Crippen LogP contribution in [-0.2, 0) is 9.59 Å². The molecule has 1 N–H and O–H groups in total. The maximum Gasteiger partial charge on any atom is 0.226 e. The standard InChI is InChI=1S/C26H33N5O3/c1-14-10-26(5,6)30(15(2)32)19-9-21(34-7)17(8-16(14)19)23-22-18(11-25(3,4)12-20(22)33)29-24-27-13-28-31(23)24/h8-9,13-14,23H,10-12H2,1-7H3,(H,27,28,29). The van der Waals surface area contributed by atoms with Gasteiger partial charge in [-0.2, -0.15) is 10.1 Å². The molecule has 5 rings (SSSR count). The molecule has 0 spiro atoms. The van der Waals surface area contributed by atoms with Gasteiger partial charge in [-0.25, -0.2) is 4.68 Å². The molecule has 1 aromatic carbocycles. The molecule has 2 aliphatic heterocycles. The first-order chi connectivity index (χ1) is 15.9. The third-order valence-electron chi connectivity index (χ3n) is 7.45. The normalized spacial score (nSPS) is 24.7. The number of anilines is 2. The zero-order valence-corrected chi connectivity index (χ0v) is 21.0. The molecule has 3 heterocycles. The summed E-state index contributed by atoms with van der Waals surface area (Å²) in [5.74, 6) is 1.60. The van der Waals surface area contributed by atoms with E-state index in [1.807, 2.05) is 11.0 Å². The van der Waals surface area contributed by atoms with Crippen molar-refractivity contribution in [2.45, 2.75) is 78.3 Å². The average Bonchev–Trinajstić information content (AvgIpc) is 3.17. The molecule has 34 heavy (non-hydrogen) atoms. The number of allylic oxidation sites excluding steroid dienone is 2. The Bertz CT molecular complexity index is 1240. The third-order valence-corrected chi connectivity index (χ3v) is 7.45. The van der Waals surface area contributed by atoms with E-state index in [0.29, 0.717) is 18.1 Å². The molecule has 8 nitrogen and oxygen atoms in total. The fourth-order valence-corrected chi connectivity index (χ4v) is 6.29. The maximum atomic E-state index is 13.5. The topological polar surface area (TPSA) is 89.3 Å². The number of Topliss-reactive ketones (excluding diaryl/α,β-unsaturated/α-hetero) is 1. The number of ether oxygens (including phenoxy) is 1. The third kappa shape index (κ3) is 3.34. The van der Waals surface area contributed by atoms with Crippen LogP contribution in [0.15, 0.2) is 29.7 Å². The number of hydrogen-bond donors (Lipinski definition) is 1. The van der Waals surface area contributed by atoms with Crippen LogP contribution in [-0.4, -0.2) is 39.1 Å². The maximum absolute atomic E-state index is 13.5. The fraction of sp³-hybridized carbons (Fsp3) is 0.538. The molecule has 2 atom stereocenters. The van der Waals surface area contributed by atoms with Crippen molar-refractivity contribution in [1.29, 1.82) is 0 Å². The van der Waals surface area contributed by atoms with E-state index in [1.165, 1.54) is 6.33 Å². The molecular weight excluding hydrogens is 430 g/mol. The number of hydrogen-bond acceptors (Lipinski definition) is 6. The van der Waals surface area contributed by atoms with Crippen molar-refractivity contribution in [2.75, 3.05) is 17.3 Å². The van der Waals surface area contributed by atoms with Gasteiger partial charge >= 0.3 is 0 Å². The van der Waals surface area contributed by atoms with Crippen molar-refractivity contribution in [2.24, 2.45) is 5.41 Å². The lowest BCUT2D eigenvalue weighted by atomic mass is 9.72. The first kappa shape index (κ1) is 22.6. The number of carbonyl (C=O) groups is 2. The minimum Gasteiger partial charge on any atom is -0.496 e. The number of nitrogens with zero attached hydrogens (tertiary/aromatic N) is 4. The Balaban J connectivity index is 1.75. The van der Waals surface area contributed by atoms with Gasteiger partial charge in [0.15, 0.2) is 5.78 Å². The van der Waals surface area contributed by atoms with Crippen LogP contribution in [0.25, 0.3) is 0 Å². The Hall–Kier alpha value is -3.16. The minimum atomic E-state index is -0.439. The number of benzene rings is 1. The molecule has 0 saturated heterocycles. The van der Waals surface area contributed by atoms with Gasteiger partial charge in [0.25, 0.3) is 0 Å². The van der Waals surface area contributed by atoms with Crippen LogP contribution < -0.4 is 15.0 Å². The molecule has 2 aromatic rings. The van der Waals surface area contributed by atoms with Gasteiger partial charge in [0.05, 0.1) is 12.8 Å². The molecule has 3 aliphatic rings. The molecule has 0 radical (unpaired) electrons. The lowest BCUT2D eigenvalue weighted by Crippen LogP contribution is -2.50. The summed E-state index contributed by atoms with van der Waals surface area (Å²) in [6, 6.07) is 3.63. The van der Waals surface area contributed by atoms with E-state index in [9.17, 15) is 9.59 Å². The second kappa shape index (κ2) is 7.42. The number of aromatic nitrogens is 3. The SMILES string of the molecule is COc1cc2c(cc1C1C3=C(CC(C)(C)CC3=O)Nc3ncnn31)C(C)CC(C)(C)N2C(C)=O. The van der Waals surface area contributed by atoms with E-state index < -0.39 is 6.04 Å². The Morgan fingerprint density at radius 1 is 1.18 bits per heavy atom. The van der Waals surface area contributed by atoms with Crippen LogP contribution in [0.4, 0.5) is 11.6 Å². The number of nitrogens with one attached hydrogen (secondary N) is 1. The number of fused-ring (bicyclic) bond motifs is 2. The summed E-state index contributed by atoms with van der Waals surface area (Å²) in [6.45, 7) is 12.2. The number of methoxy groups -OCH3 is 1. The molecular formula is C26H33N5O3. The van der Waals surface area contributed by atoms with Gasteiger partial charge in [0.2, 0.25) is 11.9 Å². The van der Waals surface area contributed by atoms with E-state index in [1.54, 1.807) is 18.7 Å². The number of amides is 1. The van der Waals surface area contributed by atoms with Gasteiger partial charge < -0.3 is 15.0 Å². The van der Waals surface area contributed by atoms with Crippen LogP contribution in [0.3, 0.4) is 0 Å². The fourth-order valence-electron chi connectivity index (χ4n) is 6.29. The Morgan fingerprint density at radius 2 is 1.91 bits per heavy atom. The van der Waals surface area contributed by atoms with Crippen LogP contribution in [0.1, 0.15) is 83.9 Å². The molecule has 0 saturated carbocycles. The summed E-state index contributed by atoms with van der Waals surface area (Å²) in [5, 5.41) is 7.85. The molecule has 1 amide bonds. The molecule has 0 fully saturated rings. The lowest BCUT2D eigenvalue weighted by molar-refractivity contribution is -0.119. The number of carbonyl (C=O) groups excluding carboxylic acids is 2. The van der Waals surface area contributed by atoms with E-state index in [2.05, 4.69) is 56.1 Å². The molecule has 1 aromatic heterocycles. The Morgan fingerprint density at radius 3 is 2.59 bits per heavy atom. The van der Waals surface area contributed by atoms with Crippen LogP contribution in [0.5, 0.6) is 5.75 Å². The average molecular weight is 464 g/mol. The van der Waals surface area contributed by atoms with Gasteiger partial charge in [-0.1, -0.05) is 20.8 Å². The van der Waals surface area contributed by atoms with E-state index in [-0.39, 0.29) is 28.6 Å². The number of ketones is 1. The summed E-state index contributed by atoms with van der Waals surface area (Å²) >= 11 is 0. The van der Waals surface area contributed by atoms with Crippen molar-refractivity contribution in [3.63, 3.8) is 0 Å². The van der Waals surface area contributed by atoms with Gasteiger partial charge in [0.1, 0.15) is 18.1 Å². The first-order valence-electron chi connectivity index (χ1n) is 11.9.